The molecular formula is C15H16Cl2N2O2S. The summed E-state index contributed by atoms with van der Waals surface area (Å²) in [5.74, 6) is 0.329. The molecular weight excluding hydrogens is 343 g/mol. The Bertz CT molecular complexity index is 759. The Morgan fingerprint density at radius 2 is 1.82 bits per heavy atom. The molecule has 0 spiro atoms. The molecule has 0 radical (unpaired) electrons. The van der Waals surface area contributed by atoms with E-state index in [1.165, 1.54) is 6.07 Å². The highest BCUT2D eigenvalue weighted by molar-refractivity contribution is 7.90. The molecule has 118 valence electrons. The van der Waals surface area contributed by atoms with Crippen LogP contribution >= 0.6 is 23.2 Å². The van der Waals surface area contributed by atoms with E-state index in [1.54, 1.807) is 30.5 Å². The minimum absolute atomic E-state index is 0.00406. The van der Waals surface area contributed by atoms with Crippen molar-refractivity contribution in [2.24, 2.45) is 0 Å². The van der Waals surface area contributed by atoms with Crippen LogP contribution in [-0.2, 0) is 9.84 Å². The summed E-state index contributed by atoms with van der Waals surface area (Å²) in [5.41, 5.74) is 0.829. The van der Waals surface area contributed by atoms with Crippen molar-refractivity contribution in [2.75, 3.05) is 18.1 Å². The first-order valence-electron chi connectivity index (χ1n) is 6.63. The number of pyridine rings is 1. The minimum atomic E-state index is -3.34. The molecule has 2 rings (SSSR count). The van der Waals surface area contributed by atoms with Crippen molar-refractivity contribution in [3.05, 3.63) is 52.1 Å². The van der Waals surface area contributed by atoms with E-state index in [-0.39, 0.29) is 10.8 Å². The van der Waals surface area contributed by atoms with E-state index in [2.05, 4.69) is 10.3 Å². The molecule has 1 heterocycles. The lowest BCUT2D eigenvalue weighted by Gasteiger charge is -2.17. The SMILES string of the molecule is CC(CNc1ncccc1S(C)(=O)=O)c1c(Cl)cccc1Cl. The normalized spacial score (nSPS) is 12.9. The van der Waals surface area contributed by atoms with Gasteiger partial charge >= 0.3 is 0 Å². The fourth-order valence-electron chi connectivity index (χ4n) is 2.16. The van der Waals surface area contributed by atoms with Crippen LogP contribution in [0.2, 0.25) is 10.0 Å². The van der Waals surface area contributed by atoms with Gasteiger partial charge in [-0.1, -0.05) is 36.2 Å². The number of sulfone groups is 1. The molecule has 22 heavy (non-hydrogen) atoms. The monoisotopic (exact) mass is 358 g/mol. The molecule has 2 aromatic rings. The van der Waals surface area contributed by atoms with Crippen LogP contribution in [0.15, 0.2) is 41.4 Å². The summed E-state index contributed by atoms with van der Waals surface area (Å²) in [6.07, 6.45) is 2.70. The quantitative estimate of drug-likeness (QED) is 0.876. The molecule has 1 aromatic heterocycles. The van der Waals surface area contributed by atoms with Crippen LogP contribution in [0.4, 0.5) is 5.82 Å². The summed E-state index contributed by atoms with van der Waals surface area (Å²) in [5, 5.41) is 4.24. The van der Waals surface area contributed by atoms with E-state index in [1.807, 2.05) is 6.92 Å². The predicted octanol–water partition coefficient (Wildman–Crippen LogP) is 4.01. The Kier molecular flexibility index (Phi) is 5.32. The number of rotatable bonds is 5. The van der Waals surface area contributed by atoms with Crippen molar-refractivity contribution in [1.82, 2.24) is 4.98 Å². The summed E-state index contributed by atoms with van der Waals surface area (Å²) < 4.78 is 23.5. The molecule has 1 N–H and O–H groups in total. The third kappa shape index (κ3) is 3.91. The van der Waals surface area contributed by atoms with E-state index >= 15 is 0 Å². The fraction of sp³-hybridized carbons (Fsp3) is 0.267. The molecule has 0 aliphatic heterocycles. The van der Waals surface area contributed by atoms with E-state index in [0.717, 1.165) is 11.8 Å². The predicted molar refractivity (Wildman–Crippen MR) is 90.7 cm³/mol. The van der Waals surface area contributed by atoms with Crippen molar-refractivity contribution < 1.29 is 8.42 Å². The standard InChI is InChI=1S/C15H16Cl2N2O2S/c1-10(14-11(16)5-3-6-12(14)17)9-19-15-13(22(2,20)21)7-4-8-18-15/h3-8,10H,9H2,1-2H3,(H,18,19). The first-order valence-corrected chi connectivity index (χ1v) is 9.28. The van der Waals surface area contributed by atoms with Gasteiger partial charge in [0.05, 0.1) is 0 Å². The Morgan fingerprint density at radius 1 is 1.18 bits per heavy atom. The lowest BCUT2D eigenvalue weighted by atomic mass is 10.0. The first-order chi connectivity index (χ1) is 10.3. The zero-order valence-electron chi connectivity index (χ0n) is 12.2. The molecule has 0 amide bonds. The number of nitrogens with zero attached hydrogens (tertiary/aromatic N) is 1. The minimum Gasteiger partial charge on any atom is -0.368 e. The van der Waals surface area contributed by atoms with Crippen molar-refractivity contribution in [3.63, 3.8) is 0 Å². The zero-order chi connectivity index (χ0) is 16.3. The summed E-state index contributed by atoms with van der Waals surface area (Å²) in [7, 11) is -3.34. The number of aromatic nitrogens is 1. The highest BCUT2D eigenvalue weighted by Gasteiger charge is 2.17. The number of anilines is 1. The zero-order valence-corrected chi connectivity index (χ0v) is 14.5. The van der Waals surface area contributed by atoms with Crippen molar-refractivity contribution in [1.29, 1.82) is 0 Å². The van der Waals surface area contributed by atoms with Gasteiger partial charge in [-0.05, 0) is 29.8 Å². The van der Waals surface area contributed by atoms with Crippen LogP contribution in [0.5, 0.6) is 0 Å². The number of nitrogens with one attached hydrogen (secondary N) is 1. The highest BCUT2D eigenvalue weighted by atomic mass is 35.5. The van der Waals surface area contributed by atoms with Crippen LogP contribution < -0.4 is 5.32 Å². The van der Waals surface area contributed by atoms with E-state index in [0.29, 0.717) is 22.4 Å². The van der Waals surface area contributed by atoms with Gasteiger partial charge in [-0.3, -0.25) is 0 Å². The van der Waals surface area contributed by atoms with Crippen molar-refractivity contribution in [3.8, 4) is 0 Å². The molecule has 1 unspecified atom stereocenters. The molecule has 1 atom stereocenters. The molecule has 0 saturated heterocycles. The molecule has 4 nitrogen and oxygen atoms in total. The number of hydrogen-bond donors (Lipinski definition) is 1. The summed E-state index contributed by atoms with van der Waals surface area (Å²) in [6.45, 7) is 2.42. The maximum atomic E-state index is 11.8. The van der Waals surface area contributed by atoms with Gasteiger partial charge in [0.15, 0.2) is 9.84 Å². The number of halogens is 2. The molecule has 0 bridgehead atoms. The molecule has 0 fully saturated rings. The summed E-state index contributed by atoms with van der Waals surface area (Å²) in [6, 6.07) is 8.46. The van der Waals surface area contributed by atoms with Gasteiger partial charge in [0.2, 0.25) is 0 Å². The van der Waals surface area contributed by atoms with Crippen LogP contribution in [0.1, 0.15) is 18.4 Å². The average Bonchev–Trinajstić information content (AvgIpc) is 2.44. The van der Waals surface area contributed by atoms with Gasteiger partial charge in [-0.25, -0.2) is 13.4 Å². The van der Waals surface area contributed by atoms with Crippen LogP contribution in [0, 0.1) is 0 Å². The molecule has 0 aliphatic carbocycles. The van der Waals surface area contributed by atoms with E-state index in [4.69, 9.17) is 23.2 Å². The molecule has 1 aromatic carbocycles. The van der Waals surface area contributed by atoms with Crippen LogP contribution in [0.3, 0.4) is 0 Å². The maximum absolute atomic E-state index is 11.8. The second-order valence-electron chi connectivity index (χ2n) is 5.04. The maximum Gasteiger partial charge on any atom is 0.179 e. The molecule has 0 saturated carbocycles. The molecule has 7 heteroatoms. The Balaban J connectivity index is 2.21. The van der Waals surface area contributed by atoms with Gasteiger partial charge in [-0.15, -0.1) is 0 Å². The fourth-order valence-corrected chi connectivity index (χ4v) is 3.73. The topological polar surface area (TPSA) is 59.1 Å². The van der Waals surface area contributed by atoms with E-state index in [9.17, 15) is 8.42 Å². The van der Waals surface area contributed by atoms with Crippen molar-refractivity contribution >= 4 is 38.9 Å². The van der Waals surface area contributed by atoms with Gasteiger partial charge in [0.25, 0.3) is 0 Å². The Morgan fingerprint density at radius 3 is 2.41 bits per heavy atom. The third-order valence-electron chi connectivity index (χ3n) is 3.24. The van der Waals surface area contributed by atoms with Gasteiger partial charge in [0, 0.05) is 35.0 Å². The lowest BCUT2D eigenvalue weighted by molar-refractivity contribution is 0.601. The lowest BCUT2D eigenvalue weighted by Crippen LogP contribution is -2.14. The average molecular weight is 359 g/mol. The van der Waals surface area contributed by atoms with Gasteiger partial charge in [0.1, 0.15) is 10.7 Å². The van der Waals surface area contributed by atoms with Crippen LogP contribution in [0.25, 0.3) is 0 Å². The number of benzene rings is 1. The molecule has 0 aliphatic rings. The third-order valence-corrected chi connectivity index (χ3v) is 5.03. The van der Waals surface area contributed by atoms with Gasteiger partial charge in [-0.2, -0.15) is 0 Å². The van der Waals surface area contributed by atoms with Crippen LogP contribution in [-0.4, -0.2) is 26.2 Å². The second kappa shape index (κ2) is 6.86. The highest BCUT2D eigenvalue weighted by Crippen LogP contribution is 2.31. The second-order valence-corrected chi connectivity index (χ2v) is 7.84. The smallest absolute Gasteiger partial charge is 0.179 e. The Hall–Kier alpha value is -1.30. The first kappa shape index (κ1) is 17.1. The summed E-state index contributed by atoms with van der Waals surface area (Å²) >= 11 is 12.4. The van der Waals surface area contributed by atoms with Gasteiger partial charge < -0.3 is 5.32 Å². The largest absolute Gasteiger partial charge is 0.368 e. The number of hydrogen-bond acceptors (Lipinski definition) is 4. The van der Waals surface area contributed by atoms with Crippen molar-refractivity contribution in [2.45, 2.75) is 17.7 Å². The van der Waals surface area contributed by atoms with E-state index < -0.39 is 9.84 Å². The Labute approximate surface area is 140 Å². The summed E-state index contributed by atoms with van der Waals surface area (Å²) in [4.78, 5) is 4.27.